The first kappa shape index (κ1) is 17.5. The fraction of sp³-hybridized carbons (Fsp3) is 0.316. The number of anilines is 1. The standard InChI is InChI=1S/C19H20ClFN2O2/c20-14-6-8-18(9-7-14)25-13-19(24)22-16-4-2-10-23(12-16)17-5-1-3-15(21)11-17/h1,3,5-9,11,16H,2,4,10,12-13H2,(H,22,24)/t16-/m1/s1. The molecule has 25 heavy (non-hydrogen) atoms. The molecule has 1 N–H and O–H groups in total. The van der Waals surface area contributed by atoms with Gasteiger partial charge in [-0.15, -0.1) is 0 Å². The van der Waals surface area contributed by atoms with E-state index in [-0.39, 0.29) is 24.4 Å². The highest BCUT2D eigenvalue weighted by atomic mass is 35.5. The van der Waals surface area contributed by atoms with Gasteiger partial charge < -0.3 is 15.0 Å². The van der Waals surface area contributed by atoms with Crippen LogP contribution in [0, 0.1) is 5.82 Å². The van der Waals surface area contributed by atoms with Crippen molar-refractivity contribution in [2.75, 3.05) is 24.6 Å². The van der Waals surface area contributed by atoms with Crippen molar-refractivity contribution in [3.8, 4) is 5.75 Å². The van der Waals surface area contributed by atoms with E-state index < -0.39 is 0 Å². The van der Waals surface area contributed by atoms with E-state index in [4.69, 9.17) is 16.3 Å². The average Bonchev–Trinajstić information content (AvgIpc) is 2.61. The summed E-state index contributed by atoms with van der Waals surface area (Å²) in [7, 11) is 0. The van der Waals surface area contributed by atoms with Crippen LogP contribution in [0.5, 0.6) is 5.75 Å². The van der Waals surface area contributed by atoms with E-state index in [2.05, 4.69) is 10.2 Å². The fourth-order valence-electron chi connectivity index (χ4n) is 2.95. The normalized spacial score (nSPS) is 17.2. The molecule has 4 nitrogen and oxygen atoms in total. The molecule has 0 bridgehead atoms. The third-order valence-electron chi connectivity index (χ3n) is 4.14. The number of nitrogens with one attached hydrogen (secondary N) is 1. The summed E-state index contributed by atoms with van der Waals surface area (Å²) in [6, 6.07) is 13.4. The quantitative estimate of drug-likeness (QED) is 0.882. The van der Waals surface area contributed by atoms with E-state index >= 15 is 0 Å². The maximum atomic E-state index is 13.4. The molecule has 1 saturated heterocycles. The zero-order chi connectivity index (χ0) is 17.6. The van der Waals surface area contributed by atoms with Crippen LogP contribution in [0.3, 0.4) is 0 Å². The summed E-state index contributed by atoms with van der Waals surface area (Å²) in [5, 5.41) is 3.61. The summed E-state index contributed by atoms with van der Waals surface area (Å²) in [6.45, 7) is 1.48. The van der Waals surface area contributed by atoms with Crippen molar-refractivity contribution in [1.82, 2.24) is 5.32 Å². The van der Waals surface area contributed by atoms with Gasteiger partial charge in [-0.3, -0.25) is 4.79 Å². The molecular formula is C19H20ClFN2O2. The van der Waals surface area contributed by atoms with Gasteiger partial charge in [-0.25, -0.2) is 4.39 Å². The second kappa shape index (κ2) is 8.21. The van der Waals surface area contributed by atoms with E-state index in [0.717, 1.165) is 25.1 Å². The predicted molar refractivity (Wildman–Crippen MR) is 96.7 cm³/mol. The molecular weight excluding hydrogens is 343 g/mol. The Labute approximate surface area is 151 Å². The third kappa shape index (κ3) is 5.10. The highest BCUT2D eigenvalue weighted by molar-refractivity contribution is 6.30. The Kier molecular flexibility index (Phi) is 5.76. The summed E-state index contributed by atoms with van der Waals surface area (Å²) < 4.78 is 18.9. The number of hydrogen-bond acceptors (Lipinski definition) is 3. The van der Waals surface area contributed by atoms with Crippen molar-refractivity contribution in [2.45, 2.75) is 18.9 Å². The van der Waals surface area contributed by atoms with Gasteiger partial charge in [0.1, 0.15) is 11.6 Å². The van der Waals surface area contributed by atoms with Crippen LogP contribution in [-0.2, 0) is 4.79 Å². The molecule has 1 aliphatic rings. The minimum Gasteiger partial charge on any atom is -0.484 e. The number of carbonyl (C=O) groups excluding carboxylic acids is 1. The Hall–Kier alpha value is -2.27. The molecule has 1 amide bonds. The van der Waals surface area contributed by atoms with Gasteiger partial charge in [-0.2, -0.15) is 0 Å². The molecule has 0 unspecified atom stereocenters. The maximum absolute atomic E-state index is 13.4. The summed E-state index contributed by atoms with van der Waals surface area (Å²) in [4.78, 5) is 14.2. The molecule has 1 atom stereocenters. The average molecular weight is 363 g/mol. The molecule has 1 fully saturated rings. The Morgan fingerprint density at radius 2 is 2.08 bits per heavy atom. The van der Waals surface area contributed by atoms with Crippen molar-refractivity contribution in [3.05, 3.63) is 59.4 Å². The minimum absolute atomic E-state index is 0.0262. The summed E-state index contributed by atoms with van der Waals surface area (Å²) >= 11 is 5.81. The van der Waals surface area contributed by atoms with E-state index in [1.807, 2.05) is 6.07 Å². The van der Waals surface area contributed by atoms with E-state index in [1.54, 1.807) is 30.3 Å². The van der Waals surface area contributed by atoms with Gasteiger partial charge in [0.15, 0.2) is 6.61 Å². The lowest BCUT2D eigenvalue weighted by atomic mass is 10.0. The van der Waals surface area contributed by atoms with Crippen LogP contribution in [0.1, 0.15) is 12.8 Å². The van der Waals surface area contributed by atoms with Gasteiger partial charge >= 0.3 is 0 Å². The number of rotatable bonds is 5. The topological polar surface area (TPSA) is 41.6 Å². The molecule has 6 heteroatoms. The van der Waals surface area contributed by atoms with Gasteiger partial charge in [-0.05, 0) is 55.3 Å². The Balaban J connectivity index is 1.50. The molecule has 0 spiro atoms. The minimum atomic E-state index is -0.250. The Morgan fingerprint density at radius 3 is 2.84 bits per heavy atom. The number of carbonyl (C=O) groups is 1. The van der Waals surface area contributed by atoms with Crippen LogP contribution in [0.25, 0.3) is 0 Å². The largest absolute Gasteiger partial charge is 0.484 e. The SMILES string of the molecule is O=C(COc1ccc(Cl)cc1)N[C@@H]1CCCN(c2cccc(F)c2)C1. The Bertz CT molecular complexity index is 724. The fourth-order valence-corrected chi connectivity index (χ4v) is 3.08. The second-order valence-electron chi connectivity index (χ2n) is 6.08. The second-order valence-corrected chi connectivity index (χ2v) is 6.51. The molecule has 2 aromatic carbocycles. The molecule has 1 heterocycles. The number of amides is 1. The molecule has 132 valence electrons. The molecule has 3 rings (SSSR count). The number of hydrogen-bond donors (Lipinski definition) is 1. The molecule has 2 aromatic rings. The van der Waals surface area contributed by atoms with Crippen molar-refractivity contribution in [2.24, 2.45) is 0 Å². The smallest absolute Gasteiger partial charge is 0.258 e. The van der Waals surface area contributed by atoms with Crippen LogP contribution < -0.4 is 15.0 Å². The van der Waals surface area contributed by atoms with Crippen molar-refractivity contribution < 1.29 is 13.9 Å². The van der Waals surface area contributed by atoms with Crippen LogP contribution in [0.2, 0.25) is 5.02 Å². The monoisotopic (exact) mass is 362 g/mol. The first-order chi connectivity index (χ1) is 12.1. The first-order valence-corrected chi connectivity index (χ1v) is 8.66. The number of piperidine rings is 1. The van der Waals surface area contributed by atoms with E-state index in [1.165, 1.54) is 12.1 Å². The van der Waals surface area contributed by atoms with Gasteiger partial charge in [0.25, 0.3) is 5.91 Å². The van der Waals surface area contributed by atoms with Gasteiger partial charge in [0, 0.05) is 29.8 Å². The highest BCUT2D eigenvalue weighted by Crippen LogP contribution is 2.21. The number of benzene rings is 2. The third-order valence-corrected chi connectivity index (χ3v) is 4.40. The lowest BCUT2D eigenvalue weighted by Gasteiger charge is -2.34. The lowest BCUT2D eigenvalue weighted by Crippen LogP contribution is -2.49. The molecule has 0 radical (unpaired) electrons. The van der Waals surface area contributed by atoms with Gasteiger partial charge in [-0.1, -0.05) is 17.7 Å². The van der Waals surface area contributed by atoms with E-state index in [0.29, 0.717) is 17.3 Å². The van der Waals surface area contributed by atoms with Gasteiger partial charge in [0.2, 0.25) is 0 Å². The van der Waals surface area contributed by atoms with Crippen LogP contribution in [-0.4, -0.2) is 31.6 Å². The summed E-state index contributed by atoms with van der Waals surface area (Å²) in [5.74, 6) is 0.186. The molecule has 1 aliphatic heterocycles. The number of halogens is 2. The molecule has 0 saturated carbocycles. The summed E-state index contributed by atoms with van der Waals surface area (Å²) in [6.07, 6.45) is 1.85. The van der Waals surface area contributed by atoms with Crippen molar-refractivity contribution in [3.63, 3.8) is 0 Å². The molecule has 0 aliphatic carbocycles. The zero-order valence-electron chi connectivity index (χ0n) is 13.8. The summed E-state index contributed by atoms with van der Waals surface area (Å²) in [5.41, 5.74) is 0.844. The van der Waals surface area contributed by atoms with Crippen LogP contribution in [0.15, 0.2) is 48.5 Å². The maximum Gasteiger partial charge on any atom is 0.258 e. The van der Waals surface area contributed by atoms with Crippen LogP contribution in [0.4, 0.5) is 10.1 Å². The zero-order valence-corrected chi connectivity index (χ0v) is 14.5. The first-order valence-electron chi connectivity index (χ1n) is 8.28. The van der Waals surface area contributed by atoms with Gasteiger partial charge in [0.05, 0.1) is 0 Å². The number of nitrogens with zero attached hydrogens (tertiary/aromatic N) is 1. The number of ether oxygens (including phenoxy) is 1. The van der Waals surface area contributed by atoms with Crippen molar-refractivity contribution >= 4 is 23.2 Å². The van der Waals surface area contributed by atoms with E-state index in [9.17, 15) is 9.18 Å². The highest BCUT2D eigenvalue weighted by Gasteiger charge is 2.22. The lowest BCUT2D eigenvalue weighted by molar-refractivity contribution is -0.123. The molecule has 0 aromatic heterocycles. The predicted octanol–water partition coefficient (Wildman–Crippen LogP) is 3.64. The van der Waals surface area contributed by atoms with Crippen LogP contribution >= 0.6 is 11.6 Å². The Morgan fingerprint density at radius 1 is 1.28 bits per heavy atom. The van der Waals surface area contributed by atoms with Crippen molar-refractivity contribution in [1.29, 1.82) is 0 Å².